The first kappa shape index (κ1) is 12.4. The van der Waals surface area contributed by atoms with Crippen molar-refractivity contribution in [2.75, 3.05) is 4.72 Å². The normalized spacial score (nSPS) is 17.8. The molecule has 1 N–H and O–H groups in total. The Morgan fingerprint density at radius 3 is 3.05 bits per heavy atom. The Morgan fingerprint density at radius 1 is 1.47 bits per heavy atom. The molecule has 1 aromatic heterocycles. The minimum atomic E-state index is -3.56. The van der Waals surface area contributed by atoms with Crippen molar-refractivity contribution in [1.29, 1.82) is 0 Å². The molecule has 5 nitrogen and oxygen atoms in total. The summed E-state index contributed by atoms with van der Waals surface area (Å²) in [5.41, 5.74) is 1.41. The van der Waals surface area contributed by atoms with Crippen LogP contribution in [0.15, 0.2) is 34.7 Å². The van der Waals surface area contributed by atoms with Gasteiger partial charge in [-0.25, -0.2) is 8.42 Å². The van der Waals surface area contributed by atoms with Crippen LogP contribution in [-0.4, -0.2) is 18.9 Å². The molecule has 1 aliphatic rings. The van der Waals surface area contributed by atoms with E-state index in [-0.39, 0.29) is 11.0 Å². The topological polar surface area (TPSA) is 68.3 Å². The molecule has 0 amide bonds. The van der Waals surface area contributed by atoms with Crippen molar-refractivity contribution in [2.45, 2.75) is 24.3 Å². The third kappa shape index (κ3) is 2.43. The minimum Gasteiger partial charge on any atom is -0.490 e. The molecule has 1 aromatic carbocycles. The highest BCUT2D eigenvalue weighted by molar-refractivity contribution is 7.92. The number of hydrogen-bond acceptors (Lipinski definition) is 5. The van der Waals surface area contributed by atoms with Crippen LogP contribution in [0.4, 0.5) is 5.69 Å². The molecule has 0 bridgehead atoms. The van der Waals surface area contributed by atoms with Crippen molar-refractivity contribution in [2.24, 2.45) is 0 Å². The molecule has 100 valence electrons. The van der Waals surface area contributed by atoms with E-state index >= 15 is 0 Å². The van der Waals surface area contributed by atoms with Crippen LogP contribution >= 0.6 is 11.5 Å². The van der Waals surface area contributed by atoms with Crippen LogP contribution in [-0.2, 0) is 16.4 Å². The first-order chi connectivity index (χ1) is 9.04. The van der Waals surface area contributed by atoms with E-state index in [9.17, 15) is 8.42 Å². The van der Waals surface area contributed by atoms with Gasteiger partial charge in [-0.3, -0.25) is 4.72 Å². The van der Waals surface area contributed by atoms with Crippen LogP contribution in [0.3, 0.4) is 0 Å². The van der Waals surface area contributed by atoms with Gasteiger partial charge in [-0.2, -0.15) is 4.37 Å². The highest BCUT2D eigenvalue weighted by Crippen LogP contribution is 2.31. The molecule has 1 unspecified atom stereocenters. The minimum absolute atomic E-state index is 0.0991. The van der Waals surface area contributed by atoms with Gasteiger partial charge in [0.15, 0.2) is 0 Å². The smallest absolute Gasteiger partial charge is 0.261 e. The van der Waals surface area contributed by atoms with E-state index in [0.29, 0.717) is 5.69 Å². The Bertz CT molecular complexity index is 696. The fraction of sp³-hybridized carbons (Fsp3) is 0.250. The number of fused-ring (bicyclic) bond motifs is 1. The second kappa shape index (κ2) is 4.50. The van der Waals surface area contributed by atoms with Gasteiger partial charge in [-0.05, 0) is 42.2 Å². The number of ether oxygens (including phenoxy) is 1. The van der Waals surface area contributed by atoms with Crippen molar-refractivity contribution in [3.8, 4) is 5.75 Å². The SMILES string of the molecule is CC1Cc2cc(S(=O)(=O)Nc3cnsc3)ccc2O1. The summed E-state index contributed by atoms with van der Waals surface area (Å²) in [6.45, 7) is 1.96. The lowest BCUT2D eigenvalue weighted by atomic mass is 10.1. The average molecular weight is 296 g/mol. The van der Waals surface area contributed by atoms with Crippen molar-refractivity contribution >= 4 is 27.2 Å². The molecule has 0 saturated carbocycles. The summed E-state index contributed by atoms with van der Waals surface area (Å²) in [6.07, 6.45) is 2.32. The van der Waals surface area contributed by atoms with Gasteiger partial charge in [-0.1, -0.05) is 0 Å². The van der Waals surface area contributed by atoms with Crippen LogP contribution in [0, 0.1) is 0 Å². The van der Waals surface area contributed by atoms with E-state index in [0.717, 1.165) is 17.7 Å². The lowest BCUT2D eigenvalue weighted by Crippen LogP contribution is -2.12. The monoisotopic (exact) mass is 296 g/mol. The first-order valence-corrected chi connectivity index (χ1v) is 8.08. The number of nitrogens with zero attached hydrogens (tertiary/aromatic N) is 1. The van der Waals surface area contributed by atoms with Gasteiger partial charge in [0.2, 0.25) is 0 Å². The Morgan fingerprint density at radius 2 is 2.32 bits per heavy atom. The Hall–Kier alpha value is -1.60. The van der Waals surface area contributed by atoms with Gasteiger partial charge in [0.1, 0.15) is 11.9 Å². The fourth-order valence-corrected chi connectivity index (χ4v) is 3.66. The molecule has 0 spiro atoms. The van der Waals surface area contributed by atoms with Crippen LogP contribution in [0.25, 0.3) is 0 Å². The molecule has 1 atom stereocenters. The van der Waals surface area contributed by atoms with Gasteiger partial charge >= 0.3 is 0 Å². The van der Waals surface area contributed by atoms with Crippen molar-refractivity contribution in [1.82, 2.24) is 4.37 Å². The Kier molecular flexibility index (Phi) is 2.94. The molecule has 1 aliphatic heterocycles. The second-order valence-electron chi connectivity index (χ2n) is 4.42. The molecule has 3 rings (SSSR count). The summed E-state index contributed by atoms with van der Waals surface area (Å²) in [5, 5.41) is 1.65. The Labute approximate surface area is 115 Å². The standard InChI is InChI=1S/C12H12N2O3S2/c1-8-4-9-5-11(2-3-12(9)17-8)19(15,16)14-10-6-13-18-7-10/h2-3,5-8,14H,4H2,1H3. The maximum Gasteiger partial charge on any atom is 0.261 e. The van der Waals surface area contributed by atoms with Crippen molar-refractivity contribution < 1.29 is 13.2 Å². The molecule has 19 heavy (non-hydrogen) atoms. The zero-order chi connectivity index (χ0) is 13.5. The first-order valence-electron chi connectivity index (χ1n) is 5.76. The molecule has 7 heteroatoms. The average Bonchev–Trinajstić information content (AvgIpc) is 2.95. The number of hydrogen-bond donors (Lipinski definition) is 1. The fourth-order valence-electron chi connectivity index (χ4n) is 2.03. The van der Waals surface area contributed by atoms with Crippen molar-refractivity contribution in [3.05, 3.63) is 35.3 Å². The molecule has 0 fully saturated rings. The van der Waals surface area contributed by atoms with Gasteiger partial charge in [-0.15, -0.1) is 0 Å². The van der Waals surface area contributed by atoms with Gasteiger partial charge in [0.05, 0.1) is 16.8 Å². The largest absolute Gasteiger partial charge is 0.490 e. The third-order valence-corrected chi connectivity index (χ3v) is 4.83. The number of aromatic nitrogens is 1. The number of benzene rings is 1. The molecule has 0 saturated heterocycles. The highest BCUT2D eigenvalue weighted by atomic mass is 32.2. The molecular weight excluding hydrogens is 284 g/mol. The molecule has 2 heterocycles. The van der Waals surface area contributed by atoms with Gasteiger partial charge < -0.3 is 4.74 Å². The lowest BCUT2D eigenvalue weighted by Gasteiger charge is -2.07. The third-order valence-electron chi connectivity index (χ3n) is 2.86. The predicted molar refractivity (Wildman–Crippen MR) is 73.2 cm³/mol. The summed E-state index contributed by atoms with van der Waals surface area (Å²) in [4.78, 5) is 0.246. The van der Waals surface area contributed by atoms with Crippen LogP contribution in [0.1, 0.15) is 12.5 Å². The summed E-state index contributed by atoms with van der Waals surface area (Å²) in [7, 11) is -3.56. The molecule has 0 aliphatic carbocycles. The molecule has 2 aromatic rings. The summed E-state index contributed by atoms with van der Waals surface area (Å²) in [6, 6.07) is 4.93. The van der Waals surface area contributed by atoms with E-state index in [1.54, 1.807) is 23.6 Å². The number of sulfonamides is 1. The van der Waals surface area contributed by atoms with E-state index < -0.39 is 10.0 Å². The Balaban J connectivity index is 1.92. The van der Waals surface area contributed by atoms with Gasteiger partial charge in [0, 0.05) is 11.8 Å². The van der Waals surface area contributed by atoms with Crippen LogP contribution < -0.4 is 9.46 Å². The van der Waals surface area contributed by atoms with E-state index in [2.05, 4.69) is 9.10 Å². The quantitative estimate of drug-likeness (QED) is 0.943. The summed E-state index contributed by atoms with van der Waals surface area (Å²) in [5.74, 6) is 0.767. The zero-order valence-corrected chi connectivity index (χ0v) is 11.8. The van der Waals surface area contributed by atoms with E-state index in [1.165, 1.54) is 17.7 Å². The summed E-state index contributed by atoms with van der Waals surface area (Å²) >= 11 is 1.20. The van der Waals surface area contributed by atoms with Crippen LogP contribution in [0.5, 0.6) is 5.75 Å². The lowest BCUT2D eigenvalue weighted by molar-refractivity contribution is 0.254. The van der Waals surface area contributed by atoms with Crippen molar-refractivity contribution in [3.63, 3.8) is 0 Å². The van der Waals surface area contributed by atoms with Crippen LogP contribution in [0.2, 0.25) is 0 Å². The van der Waals surface area contributed by atoms with Gasteiger partial charge in [0.25, 0.3) is 10.0 Å². The van der Waals surface area contributed by atoms with E-state index in [4.69, 9.17) is 4.74 Å². The van der Waals surface area contributed by atoms with E-state index in [1.807, 2.05) is 6.92 Å². The second-order valence-corrected chi connectivity index (χ2v) is 6.76. The maximum absolute atomic E-state index is 12.2. The summed E-state index contributed by atoms with van der Waals surface area (Å²) < 4.78 is 36.3. The highest BCUT2D eigenvalue weighted by Gasteiger charge is 2.22. The number of nitrogens with one attached hydrogen (secondary N) is 1. The molecule has 0 radical (unpaired) electrons. The number of anilines is 1. The number of rotatable bonds is 3. The zero-order valence-electron chi connectivity index (χ0n) is 10.2. The maximum atomic E-state index is 12.2. The molecular formula is C12H12N2O3S2. The predicted octanol–water partition coefficient (Wildman–Crippen LogP) is 2.27.